The van der Waals surface area contributed by atoms with Crippen molar-refractivity contribution in [3.63, 3.8) is 0 Å². The lowest BCUT2D eigenvalue weighted by Crippen LogP contribution is -2.61. The summed E-state index contributed by atoms with van der Waals surface area (Å²) in [5.74, 6) is 0.572. The molecule has 4 aliphatic rings. The third-order valence-electron chi connectivity index (χ3n) is 8.25. The molecule has 0 bridgehead atoms. The minimum Gasteiger partial charge on any atom is -0.465 e. The summed E-state index contributed by atoms with van der Waals surface area (Å²) in [6.07, 6.45) is 4.91. The number of nitrogens with zero attached hydrogens (tertiary/aromatic N) is 3. The molecule has 2 N–H and O–H groups in total. The molecular weight excluding hydrogens is 467 g/mol. The predicted octanol–water partition coefficient (Wildman–Crippen LogP) is 1.66. The molecule has 2 saturated carbocycles. The van der Waals surface area contributed by atoms with Crippen molar-refractivity contribution in [1.82, 2.24) is 19.6 Å². The lowest BCUT2D eigenvalue weighted by Gasteiger charge is -2.41. The Hall–Kier alpha value is -1.89. The Morgan fingerprint density at radius 1 is 1.35 bits per heavy atom. The van der Waals surface area contributed by atoms with Crippen molar-refractivity contribution in [2.45, 2.75) is 80.3 Å². The van der Waals surface area contributed by atoms with Crippen LogP contribution in [0.25, 0.3) is 0 Å². The Bertz CT molecular complexity index is 1050. The number of likely N-dealkylation sites (tertiary alicyclic amines) is 1. The fraction of sp³-hybridized carbons (Fsp3) is 0.773. The number of ether oxygens (including phenoxy) is 2. The maximum absolute atomic E-state index is 13.2. The first-order valence-corrected chi connectivity index (χ1v) is 13.3. The highest BCUT2D eigenvalue weighted by Gasteiger charge is 2.60. The third-order valence-corrected chi connectivity index (χ3v) is 10.0. The summed E-state index contributed by atoms with van der Waals surface area (Å²) < 4.78 is 52.8. The normalized spacial score (nSPS) is 37.8. The lowest BCUT2D eigenvalue weighted by atomic mass is 9.85. The lowest BCUT2D eigenvalue weighted by molar-refractivity contribution is -0.0404. The number of hydrogen-bond acceptors (Lipinski definition) is 7. The van der Waals surface area contributed by atoms with Gasteiger partial charge in [0.2, 0.25) is 10.0 Å². The molecule has 1 aromatic rings. The molecule has 3 heterocycles. The van der Waals surface area contributed by atoms with Crippen LogP contribution in [0.15, 0.2) is 12.4 Å². The van der Waals surface area contributed by atoms with Crippen LogP contribution in [0.1, 0.15) is 51.8 Å². The standard InChI is InChI=1S/C22H31FN4O6S/c1-13-5-18(26-34(30,31)17-10-32-11-17)21(2,27(13)20(28)29)12-33-16-3-4-22(7-14(22)6-16)19-24-8-15(23)9-25-19/h8-9,13-14,16-18,26H,3-7,10-12H2,1-2H3,(H,28,29)/t13-,14-,16+,18+,21+,22-/m1/s1. The number of sulfonamides is 1. The van der Waals surface area contributed by atoms with Gasteiger partial charge >= 0.3 is 6.09 Å². The first-order valence-electron chi connectivity index (χ1n) is 11.8. The quantitative estimate of drug-likeness (QED) is 0.580. The van der Waals surface area contributed by atoms with E-state index in [2.05, 4.69) is 14.7 Å². The van der Waals surface area contributed by atoms with Crippen LogP contribution < -0.4 is 4.72 Å². The average molecular weight is 499 g/mol. The van der Waals surface area contributed by atoms with Gasteiger partial charge in [-0.25, -0.2) is 32.3 Å². The van der Waals surface area contributed by atoms with Crippen LogP contribution >= 0.6 is 0 Å². The number of nitrogens with one attached hydrogen (secondary N) is 1. The number of carbonyl (C=O) groups is 1. The molecule has 0 unspecified atom stereocenters. The highest BCUT2D eigenvalue weighted by Crippen LogP contribution is 2.61. The van der Waals surface area contributed by atoms with Gasteiger partial charge in [-0.1, -0.05) is 0 Å². The van der Waals surface area contributed by atoms with E-state index < -0.39 is 38.8 Å². The summed E-state index contributed by atoms with van der Waals surface area (Å²) in [7, 11) is -3.63. The molecule has 2 aliphatic heterocycles. The largest absolute Gasteiger partial charge is 0.465 e. The van der Waals surface area contributed by atoms with Crippen molar-refractivity contribution in [3.05, 3.63) is 24.0 Å². The molecule has 10 nitrogen and oxygen atoms in total. The Balaban J connectivity index is 1.26. The number of halogens is 1. The van der Waals surface area contributed by atoms with Crippen LogP contribution in [-0.4, -0.2) is 83.3 Å². The first-order chi connectivity index (χ1) is 16.0. The van der Waals surface area contributed by atoms with Gasteiger partial charge in [0.15, 0.2) is 5.82 Å². The van der Waals surface area contributed by atoms with Crippen molar-refractivity contribution < 1.29 is 32.2 Å². The second kappa shape index (κ2) is 8.35. The zero-order valence-electron chi connectivity index (χ0n) is 19.3. The van der Waals surface area contributed by atoms with Gasteiger partial charge in [0.1, 0.15) is 11.1 Å². The number of aromatic nitrogens is 2. The maximum Gasteiger partial charge on any atom is 0.408 e. The third kappa shape index (κ3) is 3.98. The minimum atomic E-state index is -3.63. The Kier molecular flexibility index (Phi) is 5.85. The zero-order valence-corrected chi connectivity index (χ0v) is 20.1. The monoisotopic (exact) mass is 498 g/mol. The summed E-state index contributed by atoms with van der Waals surface area (Å²) in [4.78, 5) is 21.8. The summed E-state index contributed by atoms with van der Waals surface area (Å²) in [6.45, 7) is 3.93. The molecule has 0 radical (unpaired) electrons. The van der Waals surface area contributed by atoms with Crippen molar-refractivity contribution in [1.29, 1.82) is 0 Å². The van der Waals surface area contributed by atoms with Crippen molar-refractivity contribution in [2.24, 2.45) is 5.92 Å². The van der Waals surface area contributed by atoms with E-state index in [9.17, 15) is 22.7 Å². The van der Waals surface area contributed by atoms with Crippen molar-refractivity contribution in [3.8, 4) is 0 Å². The number of fused-ring (bicyclic) bond motifs is 1. The van der Waals surface area contributed by atoms with Crippen LogP contribution in [0.2, 0.25) is 0 Å². The van der Waals surface area contributed by atoms with E-state index in [-0.39, 0.29) is 37.4 Å². The van der Waals surface area contributed by atoms with Gasteiger partial charge in [0.05, 0.1) is 43.9 Å². The Labute approximate surface area is 198 Å². The molecule has 1 amide bonds. The highest BCUT2D eigenvalue weighted by molar-refractivity contribution is 7.90. The maximum atomic E-state index is 13.2. The summed E-state index contributed by atoms with van der Waals surface area (Å²) in [6, 6.07) is -0.949. The molecule has 6 atom stereocenters. The molecule has 188 valence electrons. The van der Waals surface area contributed by atoms with Crippen LogP contribution in [-0.2, 0) is 24.9 Å². The number of rotatable bonds is 7. The van der Waals surface area contributed by atoms with E-state index in [1.807, 2.05) is 0 Å². The van der Waals surface area contributed by atoms with Gasteiger partial charge in [0, 0.05) is 17.5 Å². The topological polar surface area (TPSA) is 131 Å². The average Bonchev–Trinajstić information content (AvgIpc) is 3.39. The van der Waals surface area contributed by atoms with E-state index >= 15 is 0 Å². The van der Waals surface area contributed by atoms with Crippen LogP contribution in [0, 0.1) is 11.7 Å². The second-order valence-corrected chi connectivity index (χ2v) is 12.5. The molecule has 0 aromatic carbocycles. The van der Waals surface area contributed by atoms with Crippen LogP contribution in [0.3, 0.4) is 0 Å². The molecule has 5 rings (SSSR count). The van der Waals surface area contributed by atoms with Gasteiger partial charge < -0.3 is 14.6 Å². The van der Waals surface area contributed by atoms with Crippen molar-refractivity contribution >= 4 is 16.1 Å². The van der Waals surface area contributed by atoms with Crippen molar-refractivity contribution in [2.75, 3.05) is 19.8 Å². The van der Waals surface area contributed by atoms with E-state index in [1.54, 1.807) is 13.8 Å². The molecule has 0 spiro atoms. The highest BCUT2D eigenvalue weighted by atomic mass is 32.2. The fourth-order valence-corrected chi connectivity index (χ4v) is 7.54. The van der Waals surface area contributed by atoms with E-state index in [1.165, 1.54) is 17.3 Å². The van der Waals surface area contributed by atoms with Gasteiger partial charge in [-0.3, -0.25) is 4.90 Å². The van der Waals surface area contributed by atoms with Gasteiger partial charge in [0.25, 0.3) is 0 Å². The number of carboxylic acid groups (broad SMARTS) is 1. The predicted molar refractivity (Wildman–Crippen MR) is 118 cm³/mol. The summed E-state index contributed by atoms with van der Waals surface area (Å²) >= 11 is 0. The van der Waals surface area contributed by atoms with Gasteiger partial charge in [-0.2, -0.15) is 0 Å². The molecule has 34 heavy (non-hydrogen) atoms. The molecule has 2 saturated heterocycles. The van der Waals surface area contributed by atoms with Crippen LogP contribution in [0.5, 0.6) is 0 Å². The van der Waals surface area contributed by atoms with Gasteiger partial charge in [-0.15, -0.1) is 0 Å². The molecule has 1 aromatic heterocycles. The molecule has 4 fully saturated rings. The number of hydrogen-bond donors (Lipinski definition) is 2. The molecular formula is C22H31FN4O6S. The SMILES string of the molecule is C[C@@H]1C[C@H](NS(=O)(=O)C2COC2)[C@](C)(CO[C@H]2CC[C@@]3(c4ncc(F)cn4)C[C@H]3C2)N1C(=O)O. The smallest absolute Gasteiger partial charge is 0.408 e. The number of amides is 1. The zero-order chi connectivity index (χ0) is 24.3. The fourth-order valence-electron chi connectivity index (χ4n) is 6.05. The van der Waals surface area contributed by atoms with Gasteiger partial charge in [-0.05, 0) is 51.9 Å². The Morgan fingerprint density at radius 2 is 2.06 bits per heavy atom. The Morgan fingerprint density at radius 3 is 2.65 bits per heavy atom. The first kappa shape index (κ1) is 23.8. The minimum absolute atomic E-state index is 0.0678. The summed E-state index contributed by atoms with van der Waals surface area (Å²) in [5, 5.41) is 9.29. The van der Waals surface area contributed by atoms with E-state index in [0.717, 1.165) is 25.7 Å². The van der Waals surface area contributed by atoms with Crippen LogP contribution in [0.4, 0.5) is 9.18 Å². The second-order valence-electron chi connectivity index (χ2n) is 10.5. The summed E-state index contributed by atoms with van der Waals surface area (Å²) in [5.41, 5.74) is -1.16. The molecule has 12 heteroatoms. The molecule has 2 aliphatic carbocycles. The van der Waals surface area contributed by atoms with E-state index in [0.29, 0.717) is 18.2 Å². The van der Waals surface area contributed by atoms with E-state index in [4.69, 9.17) is 9.47 Å².